The number of carbonyl (C=O) groups is 2. The lowest BCUT2D eigenvalue weighted by Crippen LogP contribution is -2.37. The molecule has 0 spiro atoms. The number of rotatable bonds is 4. The molecule has 2 amide bonds. The number of nitrogens with two attached hydrogens (primary N) is 1. The van der Waals surface area contributed by atoms with Crippen molar-refractivity contribution in [2.75, 3.05) is 26.6 Å². The van der Waals surface area contributed by atoms with Crippen molar-refractivity contribution in [2.24, 2.45) is 17.6 Å². The smallest absolute Gasteiger partial charge is 0.405 e. The molecule has 0 saturated heterocycles. The molecule has 2 rings (SSSR count). The van der Waals surface area contributed by atoms with Crippen LogP contribution >= 0.6 is 0 Å². The van der Waals surface area contributed by atoms with Gasteiger partial charge in [0.25, 0.3) is 5.91 Å². The molecule has 0 fully saturated rings. The summed E-state index contributed by atoms with van der Waals surface area (Å²) in [7, 11) is 4.39. The number of benzene rings is 1. The van der Waals surface area contributed by atoms with Gasteiger partial charge < -0.3 is 45.3 Å². The predicted molar refractivity (Wildman–Crippen MR) is 150 cm³/mol. The molecular weight excluding hydrogens is 520 g/mol. The molecule has 0 aromatic heterocycles. The zero-order valence-corrected chi connectivity index (χ0v) is 24.1. The van der Waals surface area contributed by atoms with E-state index in [2.05, 4.69) is 5.32 Å². The minimum atomic E-state index is -0.995. The molecule has 1 aromatic rings. The zero-order valence-electron chi connectivity index (χ0n) is 24.1. The van der Waals surface area contributed by atoms with E-state index in [1.165, 1.54) is 39.5 Å². The van der Waals surface area contributed by atoms with Crippen molar-refractivity contribution in [2.45, 2.75) is 64.6 Å². The van der Waals surface area contributed by atoms with Crippen LogP contribution in [0.2, 0.25) is 0 Å². The highest BCUT2D eigenvalue weighted by Gasteiger charge is 2.32. The van der Waals surface area contributed by atoms with E-state index < -0.39 is 48.4 Å². The molecule has 1 unspecified atom stereocenters. The number of primary amides is 1. The molecule has 0 aliphatic carbocycles. The molecule has 1 aliphatic rings. The Morgan fingerprint density at radius 1 is 1.05 bits per heavy atom. The zero-order chi connectivity index (χ0) is 30.1. The minimum absolute atomic E-state index is 0.00496. The molecule has 7 atom stereocenters. The summed E-state index contributed by atoms with van der Waals surface area (Å²) >= 11 is 0. The van der Waals surface area contributed by atoms with E-state index in [4.69, 9.17) is 24.7 Å². The van der Waals surface area contributed by atoms with Crippen molar-refractivity contribution in [1.29, 1.82) is 0 Å². The van der Waals surface area contributed by atoms with Crippen LogP contribution in [0.15, 0.2) is 47.6 Å². The molecule has 11 nitrogen and oxygen atoms in total. The molecule has 0 radical (unpaired) electrons. The molecule has 2 bridgehead atoms. The number of carbonyl (C=O) groups excluding carboxylic acids is 2. The number of aliphatic hydroxyl groups is 1. The van der Waals surface area contributed by atoms with Crippen molar-refractivity contribution in [3.63, 3.8) is 0 Å². The van der Waals surface area contributed by atoms with Gasteiger partial charge in [0.2, 0.25) is 0 Å². The summed E-state index contributed by atoms with van der Waals surface area (Å²) in [6.07, 6.45) is 1.78. The molecule has 1 aliphatic heterocycles. The van der Waals surface area contributed by atoms with E-state index in [-0.39, 0.29) is 34.2 Å². The fourth-order valence-electron chi connectivity index (χ4n) is 4.88. The first-order chi connectivity index (χ1) is 18.8. The number of methoxy groups -OCH3 is 3. The number of anilines is 1. The van der Waals surface area contributed by atoms with Crippen LogP contribution in [0, 0.1) is 11.8 Å². The number of nitrogens with one attached hydrogen (secondary N) is 1. The highest BCUT2D eigenvalue weighted by Crippen LogP contribution is 2.41. The summed E-state index contributed by atoms with van der Waals surface area (Å²) in [5.41, 5.74) is 6.48. The summed E-state index contributed by atoms with van der Waals surface area (Å²) in [6, 6.07) is 2.62. The van der Waals surface area contributed by atoms with Crippen molar-refractivity contribution < 1.29 is 43.9 Å². The number of phenolic OH excluding ortho intramolecular Hbond substituents is 2. The van der Waals surface area contributed by atoms with Crippen LogP contribution in [0.25, 0.3) is 0 Å². The fraction of sp³-hybridized carbons (Fsp3) is 0.517. The number of fused-ring (bicyclic) bond motifs is 2. The summed E-state index contributed by atoms with van der Waals surface area (Å²) in [5, 5.41) is 35.3. The molecule has 6 N–H and O–H groups in total. The normalized spacial score (nSPS) is 32.2. The highest BCUT2D eigenvalue weighted by molar-refractivity contribution is 6.04. The van der Waals surface area contributed by atoms with E-state index in [1.54, 1.807) is 39.0 Å². The molecule has 1 aromatic carbocycles. The topological polar surface area (TPSA) is 170 Å². The van der Waals surface area contributed by atoms with Crippen LogP contribution < -0.4 is 11.1 Å². The molecular formula is C29H42N2O9. The Kier molecular flexibility index (Phi) is 12.2. The maximum Gasteiger partial charge on any atom is 0.405 e. The van der Waals surface area contributed by atoms with Gasteiger partial charge in [-0.15, -0.1) is 0 Å². The van der Waals surface area contributed by atoms with Gasteiger partial charge in [0.05, 0.1) is 24.0 Å². The van der Waals surface area contributed by atoms with Crippen molar-refractivity contribution >= 4 is 17.7 Å². The van der Waals surface area contributed by atoms with Gasteiger partial charge >= 0.3 is 6.09 Å². The second-order valence-corrected chi connectivity index (χ2v) is 10.1. The summed E-state index contributed by atoms with van der Waals surface area (Å²) in [4.78, 5) is 24.6. The average molecular weight is 563 g/mol. The van der Waals surface area contributed by atoms with Crippen LogP contribution in [-0.4, -0.2) is 73.1 Å². The monoisotopic (exact) mass is 562 g/mol. The van der Waals surface area contributed by atoms with E-state index in [0.717, 1.165) is 0 Å². The van der Waals surface area contributed by atoms with Crippen LogP contribution in [-0.2, 0) is 23.7 Å². The summed E-state index contributed by atoms with van der Waals surface area (Å²) in [6.45, 7) is 6.97. The second kappa shape index (κ2) is 14.8. The van der Waals surface area contributed by atoms with Crippen LogP contribution in [0.5, 0.6) is 11.5 Å². The Balaban J connectivity index is 2.67. The molecule has 0 saturated carbocycles. The lowest BCUT2D eigenvalue weighted by atomic mass is 9.86. The molecule has 11 heteroatoms. The lowest BCUT2D eigenvalue weighted by Gasteiger charge is -2.32. The quantitative estimate of drug-likeness (QED) is 0.209. The Labute approximate surface area is 235 Å². The first-order valence-electron chi connectivity index (χ1n) is 13.0. The summed E-state index contributed by atoms with van der Waals surface area (Å²) < 4.78 is 22.3. The maximum absolute atomic E-state index is 12.9. The molecule has 1 heterocycles. The number of amides is 2. The third-order valence-electron chi connectivity index (χ3n) is 7.07. The number of phenols is 2. The van der Waals surface area contributed by atoms with Gasteiger partial charge in [0, 0.05) is 44.5 Å². The van der Waals surface area contributed by atoms with Gasteiger partial charge in [-0.3, -0.25) is 4.79 Å². The fourth-order valence-corrected chi connectivity index (χ4v) is 4.88. The Morgan fingerprint density at radius 3 is 2.30 bits per heavy atom. The van der Waals surface area contributed by atoms with Crippen molar-refractivity contribution in [1.82, 2.24) is 0 Å². The number of aliphatic hydroxyl groups excluding tert-OH is 1. The molecule has 222 valence electrons. The SMILES string of the molecule is CO[C@H]1/C=C\C=C(/C)C(=O)Nc2cc(O)cc(c2O)[C@H](OC)[C@@H](C)C[C@H](OC)[C@H](O)[C@@H](C)/C=C(\C)C1OC(N)=O. The Bertz CT molecular complexity index is 1130. The Morgan fingerprint density at radius 2 is 1.73 bits per heavy atom. The predicted octanol–water partition coefficient (Wildman–Crippen LogP) is 3.70. The minimum Gasteiger partial charge on any atom is -0.508 e. The van der Waals surface area contributed by atoms with Crippen molar-refractivity contribution in [3.05, 3.63) is 53.1 Å². The highest BCUT2D eigenvalue weighted by atomic mass is 16.6. The third-order valence-corrected chi connectivity index (χ3v) is 7.07. The van der Waals surface area contributed by atoms with Gasteiger partial charge in [-0.2, -0.15) is 0 Å². The van der Waals surface area contributed by atoms with Gasteiger partial charge in [0.1, 0.15) is 17.6 Å². The third kappa shape index (κ3) is 8.31. The number of hydrogen-bond donors (Lipinski definition) is 5. The Hall–Kier alpha value is -3.38. The second-order valence-electron chi connectivity index (χ2n) is 10.1. The standard InChI is InChI=1S/C29H42N2O9/c1-15-9-8-10-22(37-5)27(40-29(30)36)17(3)11-16(2)24(33)23(38-6)12-18(4)26(39-7)20-13-19(32)14-21(25(20)34)31-28(15)35/h8-11,13-14,16,18,22-24,26-27,32-34H,12H2,1-7H3,(H2,30,36)(H,31,35)/b10-8-,15-9+,17-11+/t16-,18-,22-,23-,24+,26+,27?/m0/s1. The van der Waals surface area contributed by atoms with E-state index in [0.29, 0.717) is 12.0 Å². The summed E-state index contributed by atoms with van der Waals surface area (Å²) in [5.74, 6) is -1.70. The lowest BCUT2D eigenvalue weighted by molar-refractivity contribution is -0.112. The average Bonchev–Trinajstić information content (AvgIpc) is 2.90. The van der Waals surface area contributed by atoms with Crippen LogP contribution in [0.1, 0.15) is 45.8 Å². The van der Waals surface area contributed by atoms with Gasteiger partial charge in [0.15, 0.2) is 6.10 Å². The first kappa shape index (κ1) is 32.8. The first-order valence-corrected chi connectivity index (χ1v) is 13.0. The van der Waals surface area contributed by atoms with Crippen LogP contribution in [0.4, 0.5) is 10.5 Å². The van der Waals surface area contributed by atoms with Gasteiger partial charge in [-0.05, 0) is 37.8 Å². The molecule has 40 heavy (non-hydrogen) atoms. The maximum atomic E-state index is 12.9. The van der Waals surface area contributed by atoms with E-state index >= 15 is 0 Å². The largest absolute Gasteiger partial charge is 0.508 e. The van der Waals surface area contributed by atoms with E-state index in [1.807, 2.05) is 6.92 Å². The number of allylic oxidation sites excluding steroid dienone is 2. The van der Waals surface area contributed by atoms with Gasteiger partial charge in [-0.25, -0.2) is 4.79 Å². The van der Waals surface area contributed by atoms with E-state index in [9.17, 15) is 24.9 Å². The number of hydrogen-bond acceptors (Lipinski definition) is 9. The van der Waals surface area contributed by atoms with Gasteiger partial charge in [-0.1, -0.05) is 38.2 Å². The van der Waals surface area contributed by atoms with Crippen molar-refractivity contribution in [3.8, 4) is 11.5 Å². The van der Waals surface area contributed by atoms with Crippen LogP contribution in [0.3, 0.4) is 0 Å². The number of ether oxygens (including phenoxy) is 4. The number of aromatic hydroxyl groups is 2.